The van der Waals surface area contributed by atoms with E-state index in [-0.39, 0.29) is 36.4 Å². The molecular weight excluding hydrogens is 1090 g/mol. The third-order valence-corrected chi connectivity index (χ3v) is 18.6. The number of methoxy groups -OCH3 is 1. The Kier molecular flexibility index (Phi) is 47.8. The number of hydrogen-bond donors (Lipinski definition) is 6. The van der Waals surface area contributed by atoms with E-state index >= 15 is 0 Å². The highest BCUT2D eigenvalue weighted by Gasteiger charge is 2.52. The minimum Gasteiger partial charge on any atom is -0.479 e. The summed E-state index contributed by atoms with van der Waals surface area (Å²) in [5.74, 6) is 0.647. The number of fused-ring (bicyclic) bond motifs is 4. The monoisotopic (exact) mass is 1220 g/mol. The van der Waals surface area contributed by atoms with Gasteiger partial charge in [-0.1, -0.05) is 258 Å². The van der Waals surface area contributed by atoms with Crippen LogP contribution in [0.3, 0.4) is 0 Å². The lowest BCUT2D eigenvalue weighted by Gasteiger charge is -2.40. The van der Waals surface area contributed by atoms with Crippen molar-refractivity contribution in [1.29, 1.82) is 0 Å². The first-order chi connectivity index (χ1) is 41.9. The lowest BCUT2D eigenvalue weighted by Crippen LogP contribution is -2.47. The first kappa shape index (κ1) is 81.4. The summed E-state index contributed by atoms with van der Waals surface area (Å²) < 4.78 is 4.62. The van der Waals surface area contributed by atoms with Crippen molar-refractivity contribution in [1.82, 2.24) is 14.8 Å². The lowest BCUT2D eigenvalue weighted by molar-refractivity contribution is -0.145. The number of aliphatic hydroxyl groups is 4. The van der Waals surface area contributed by atoms with Crippen molar-refractivity contribution in [2.75, 3.05) is 47.0 Å². The number of aliphatic carboxylic acids is 1. The zero-order chi connectivity index (χ0) is 64.7. The van der Waals surface area contributed by atoms with Crippen LogP contribution in [0.5, 0.6) is 0 Å². The van der Waals surface area contributed by atoms with Crippen LogP contribution in [0, 0.1) is 23.2 Å². The predicted molar refractivity (Wildman–Crippen MR) is 363 cm³/mol. The van der Waals surface area contributed by atoms with Gasteiger partial charge in [-0.3, -0.25) is 19.3 Å². The number of aromatic nitrogens is 1. The van der Waals surface area contributed by atoms with Crippen molar-refractivity contribution in [2.24, 2.45) is 23.2 Å². The lowest BCUT2D eigenvalue weighted by atomic mass is 9.76. The van der Waals surface area contributed by atoms with E-state index in [0.717, 1.165) is 32.5 Å². The van der Waals surface area contributed by atoms with Gasteiger partial charge >= 0.3 is 11.9 Å². The molecule has 2 heterocycles. The van der Waals surface area contributed by atoms with E-state index in [2.05, 4.69) is 101 Å². The second kappa shape index (κ2) is 51.0. The molecule has 4 aliphatic rings. The molecule has 1 aromatic heterocycles. The Morgan fingerprint density at radius 2 is 1.08 bits per heavy atom. The summed E-state index contributed by atoms with van der Waals surface area (Å²) in [7, 11) is 3.61. The molecule has 87 heavy (non-hydrogen) atoms. The number of amides is 1. The molecule has 2 unspecified atom stereocenters. The van der Waals surface area contributed by atoms with Crippen LogP contribution in [0.15, 0.2) is 30.5 Å². The number of nitrogens with one attached hydrogen (secondary N) is 1. The molecule has 0 saturated heterocycles. The molecule has 13 heteroatoms. The minimum atomic E-state index is -1.23. The maximum atomic E-state index is 12.9. The van der Waals surface area contributed by atoms with E-state index in [4.69, 9.17) is 25.5 Å². The highest BCUT2D eigenvalue weighted by atomic mass is 16.5. The van der Waals surface area contributed by atoms with Gasteiger partial charge in [0.05, 0.1) is 26.2 Å². The van der Waals surface area contributed by atoms with Gasteiger partial charge in [-0.15, -0.1) is 0 Å². The molecule has 2 aromatic rings. The molecule has 6 rings (SSSR count). The topological polar surface area (TPSA) is 201 Å². The van der Waals surface area contributed by atoms with Crippen LogP contribution in [-0.4, -0.2) is 129 Å². The third-order valence-electron chi connectivity index (χ3n) is 18.6. The number of hydrogen-bond acceptors (Lipinski definition) is 10. The molecule has 1 aromatic carbocycles. The van der Waals surface area contributed by atoms with E-state index in [0.29, 0.717) is 30.1 Å². The predicted octanol–water partition coefficient (Wildman–Crippen LogP) is 17.2. The number of H-pyrrole nitrogens is 1. The van der Waals surface area contributed by atoms with E-state index < -0.39 is 18.2 Å². The van der Waals surface area contributed by atoms with Crippen LogP contribution in [0.2, 0.25) is 0 Å². The van der Waals surface area contributed by atoms with Crippen molar-refractivity contribution in [3.8, 4) is 0 Å². The molecular formula is C74H133N3O10. The van der Waals surface area contributed by atoms with Gasteiger partial charge in [0.1, 0.15) is 18.0 Å². The number of ketones is 1. The smallest absolute Gasteiger partial charge is 0.332 e. The Labute approximate surface area is 531 Å². The van der Waals surface area contributed by atoms with Crippen LogP contribution >= 0.6 is 0 Å². The summed E-state index contributed by atoms with van der Waals surface area (Å²) in [6, 6.07) is 6.82. The Balaban J connectivity index is 0.000000558. The Bertz CT molecular complexity index is 2060. The van der Waals surface area contributed by atoms with Crippen LogP contribution in [0.4, 0.5) is 0 Å². The zero-order valence-corrected chi connectivity index (χ0v) is 57.4. The number of likely N-dealkylation sites (N-methyl/N-ethyl adjacent to an activating group) is 1. The maximum absolute atomic E-state index is 12.9. The fraction of sp³-hybridized carbons (Fsp3) is 0.811. The van der Waals surface area contributed by atoms with E-state index in [1.807, 2.05) is 4.90 Å². The standard InChI is InChI=1S/C22H46.C20H25N3O.C17H34O2.C9H14O.C3H8O3.C3H6O3/c1-3-5-7-9-11-13-15-17-19-21-22-20-18-16-14-12-10-8-6-4-2;1-4-23(5-2)20(24)14-9-16-15-7-6-8-17-19(15)13(11-21-17)10-18(16)22(3)12-14;1-3-4-5-6-7-8-9-10-11-12-13-14-15-16-17(18)19-2;1-9(2)7-4-3-6(5-7)8(9)10;4-1-3(6)2-5;1-2(4)3(5)6/h3-22H2,1-2H3;6-9,11,14,18,21H,4-5,10,12H2,1-3H3;3-16H2,1-2H3;6-7H,3-5H2,1-2H3;3-6H,1-2H2;2,4H,1H3,(H,5,6)/t;14-,18-;;;;2-/m.1...1/s1. The number of unbranched alkanes of at least 4 members (excludes halogenated alkanes) is 31. The van der Waals surface area contributed by atoms with E-state index in [1.165, 1.54) is 266 Å². The first-order valence-corrected chi connectivity index (χ1v) is 35.7. The van der Waals surface area contributed by atoms with Gasteiger partial charge in [-0.05, 0) is 88.6 Å². The van der Waals surface area contributed by atoms with Crippen molar-refractivity contribution < 1.29 is 49.4 Å². The number of carboxylic acid groups (broad SMARTS) is 1. The molecule has 2 fully saturated rings. The Morgan fingerprint density at radius 1 is 0.667 bits per heavy atom. The summed E-state index contributed by atoms with van der Waals surface area (Å²) in [6.07, 6.45) is 54.3. The summed E-state index contributed by atoms with van der Waals surface area (Å²) in [5.41, 5.74) is 5.24. The number of esters is 1. The average molecular weight is 1220 g/mol. The first-order valence-electron chi connectivity index (χ1n) is 35.7. The van der Waals surface area contributed by atoms with Crippen LogP contribution in [0.25, 0.3) is 16.5 Å². The van der Waals surface area contributed by atoms with Crippen LogP contribution < -0.4 is 0 Å². The number of carbonyl (C=O) groups excluding carboxylic acids is 3. The number of Topliss-reactive ketones (excluding diaryl/α,β-unsaturated/α-hetero) is 1. The summed E-state index contributed by atoms with van der Waals surface area (Å²) in [6.45, 7) is 18.0. The van der Waals surface area contributed by atoms with Crippen molar-refractivity contribution in [3.63, 3.8) is 0 Å². The summed E-state index contributed by atoms with van der Waals surface area (Å²) in [5, 5.41) is 41.1. The molecule has 1 aliphatic heterocycles. The number of aliphatic hydroxyl groups excluding tert-OH is 4. The van der Waals surface area contributed by atoms with Gasteiger partial charge in [0.2, 0.25) is 5.91 Å². The Hall–Kier alpha value is -3.62. The van der Waals surface area contributed by atoms with Crippen molar-refractivity contribution in [3.05, 3.63) is 41.6 Å². The molecule has 5 atom stereocenters. The molecule has 0 spiro atoms. The fourth-order valence-corrected chi connectivity index (χ4v) is 12.8. The zero-order valence-electron chi connectivity index (χ0n) is 57.4. The molecule has 3 aliphatic carbocycles. The molecule has 1 amide bonds. The number of benzene rings is 1. The quantitative estimate of drug-likeness (QED) is 0.0275. The number of ether oxygens (including phenoxy) is 1. The van der Waals surface area contributed by atoms with E-state index in [9.17, 15) is 19.2 Å². The van der Waals surface area contributed by atoms with Gasteiger partial charge in [-0.25, -0.2) is 4.79 Å². The molecule has 504 valence electrons. The molecule has 13 nitrogen and oxygen atoms in total. The van der Waals surface area contributed by atoms with Gasteiger partial charge in [0.25, 0.3) is 0 Å². The Morgan fingerprint density at radius 3 is 1.40 bits per heavy atom. The second-order valence-electron chi connectivity index (χ2n) is 26.2. The summed E-state index contributed by atoms with van der Waals surface area (Å²) in [4.78, 5) is 52.4. The van der Waals surface area contributed by atoms with Gasteiger partial charge < -0.3 is 40.2 Å². The van der Waals surface area contributed by atoms with Gasteiger partial charge in [0, 0.05) is 60.5 Å². The van der Waals surface area contributed by atoms with Gasteiger partial charge in [-0.2, -0.15) is 0 Å². The molecule has 0 radical (unpaired) electrons. The fourth-order valence-electron chi connectivity index (χ4n) is 12.8. The number of carboxylic acids is 1. The third kappa shape index (κ3) is 34.4. The van der Waals surface area contributed by atoms with E-state index in [1.54, 1.807) is 0 Å². The van der Waals surface area contributed by atoms with Gasteiger partial charge in [0.15, 0.2) is 0 Å². The molecule has 6 N–H and O–H groups in total. The SMILES string of the molecule is CC1(C)C(=O)C2CCC1C2.CCCCCCCCCCCCCCCC(=O)OC.CCCCCCCCCCCCCCCCCCCCCC.CCN(CC)C(=O)[C@@H]1C=C2c3cccc4[nH]cc(c34)C[C@H]2N(C)C1.C[C@@H](O)C(=O)O.OCC(O)CO. The number of carbonyl (C=O) groups is 4. The normalized spacial score (nSPS) is 18.1. The maximum Gasteiger partial charge on any atom is 0.332 e. The minimum absolute atomic E-state index is 0.0307. The number of nitrogens with zero attached hydrogens (tertiary/aromatic N) is 2. The summed E-state index contributed by atoms with van der Waals surface area (Å²) >= 11 is 0. The highest BCUT2D eigenvalue weighted by Crippen LogP contribution is 2.52. The van der Waals surface area contributed by atoms with Crippen LogP contribution in [0.1, 0.15) is 304 Å². The van der Waals surface area contributed by atoms with Crippen molar-refractivity contribution in [2.45, 2.75) is 318 Å². The molecule has 2 saturated carbocycles. The molecule has 2 bridgehead atoms. The van der Waals surface area contributed by atoms with Crippen molar-refractivity contribution >= 4 is 40.1 Å². The number of rotatable bonds is 39. The highest BCUT2D eigenvalue weighted by molar-refractivity contribution is 5.99. The average Bonchev–Trinajstić information content (AvgIpc) is 1.89. The van der Waals surface area contributed by atoms with Crippen LogP contribution in [-0.2, 0) is 30.3 Å². The second-order valence-corrected chi connectivity index (χ2v) is 26.2. The number of aromatic amines is 1. The largest absolute Gasteiger partial charge is 0.479 e.